The first-order valence-corrected chi connectivity index (χ1v) is 8.08. The second kappa shape index (κ2) is 7.78. The number of sulfonamides is 1. The maximum absolute atomic E-state index is 12.3. The summed E-state index contributed by atoms with van der Waals surface area (Å²) in [4.78, 5) is 0.395. The molecule has 112 valence electrons. The number of halogens is 1. The number of benzene rings is 1. The van der Waals surface area contributed by atoms with Crippen LogP contribution in [-0.2, 0) is 16.4 Å². The molecule has 1 aromatic carbocycles. The van der Waals surface area contributed by atoms with Crippen LogP contribution in [0.2, 0.25) is 0 Å². The highest BCUT2D eigenvalue weighted by Gasteiger charge is 2.17. The molecule has 0 bridgehead atoms. The molecule has 0 fully saturated rings. The Hall–Kier alpha value is -0.880. The summed E-state index contributed by atoms with van der Waals surface area (Å²) in [6.07, 6.45) is 3.67. The fourth-order valence-corrected chi connectivity index (χ4v) is 3.50. The SMILES string of the molecule is CCc1ccccc1S(=O)(=O)NCC1=CCNCC1.Cl. The Labute approximate surface area is 127 Å². The normalized spacial score (nSPS) is 15.3. The second-order valence-corrected chi connectivity index (χ2v) is 6.34. The smallest absolute Gasteiger partial charge is 0.241 e. The molecule has 0 aromatic heterocycles. The van der Waals surface area contributed by atoms with E-state index >= 15 is 0 Å². The van der Waals surface area contributed by atoms with Gasteiger partial charge in [0.25, 0.3) is 0 Å². The van der Waals surface area contributed by atoms with Gasteiger partial charge in [-0.15, -0.1) is 12.4 Å². The lowest BCUT2D eigenvalue weighted by Crippen LogP contribution is -2.30. The Morgan fingerprint density at radius 2 is 2.05 bits per heavy atom. The van der Waals surface area contributed by atoms with Crippen LogP contribution in [0.15, 0.2) is 40.8 Å². The van der Waals surface area contributed by atoms with Gasteiger partial charge in [0.15, 0.2) is 0 Å². The van der Waals surface area contributed by atoms with Gasteiger partial charge in [-0.25, -0.2) is 13.1 Å². The van der Waals surface area contributed by atoms with Gasteiger partial charge in [-0.2, -0.15) is 0 Å². The Bertz CT molecular complexity index is 570. The summed E-state index contributed by atoms with van der Waals surface area (Å²) >= 11 is 0. The quantitative estimate of drug-likeness (QED) is 0.815. The molecule has 1 aliphatic heterocycles. The molecule has 1 aromatic rings. The third-order valence-electron chi connectivity index (χ3n) is 3.29. The zero-order chi connectivity index (χ0) is 13.7. The molecule has 1 aliphatic rings. The molecule has 0 amide bonds. The van der Waals surface area contributed by atoms with Gasteiger partial charge in [0.05, 0.1) is 4.90 Å². The number of rotatable bonds is 5. The molecule has 1 heterocycles. The van der Waals surface area contributed by atoms with Gasteiger partial charge in [0.1, 0.15) is 0 Å². The predicted octanol–water partition coefficient (Wildman–Crippen LogP) is 1.87. The van der Waals surface area contributed by atoms with Gasteiger partial charge in [0, 0.05) is 13.1 Å². The van der Waals surface area contributed by atoms with Gasteiger partial charge in [-0.3, -0.25) is 0 Å². The molecule has 0 spiro atoms. The topological polar surface area (TPSA) is 58.2 Å². The van der Waals surface area contributed by atoms with Gasteiger partial charge in [-0.1, -0.05) is 36.8 Å². The van der Waals surface area contributed by atoms with Crippen molar-refractivity contribution in [3.63, 3.8) is 0 Å². The molecule has 20 heavy (non-hydrogen) atoms. The number of aryl methyl sites for hydroxylation is 1. The minimum absolute atomic E-state index is 0. The Morgan fingerprint density at radius 3 is 2.70 bits per heavy atom. The summed E-state index contributed by atoms with van der Waals surface area (Å²) < 4.78 is 27.3. The van der Waals surface area contributed by atoms with Crippen molar-refractivity contribution in [1.82, 2.24) is 10.0 Å². The van der Waals surface area contributed by atoms with Crippen LogP contribution in [0, 0.1) is 0 Å². The molecule has 2 N–H and O–H groups in total. The first-order valence-electron chi connectivity index (χ1n) is 6.59. The summed E-state index contributed by atoms with van der Waals surface area (Å²) in [5.41, 5.74) is 2.01. The Kier molecular flexibility index (Phi) is 6.68. The Balaban J connectivity index is 0.00000200. The fourth-order valence-electron chi connectivity index (χ4n) is 2.15. The van der Waals surface area contributed by atoms with E-state index in [0.29, 0.717) is 17.9 Å². The number of nitrogens with one attached hydrogen (secondary N) is 2. The van der Waals surface area contributed by atoms with E-state index < -0.39 is 10.0 Å². The van der Waals surface area contributed by atoms with Gasteiger partial charge in [0.2, 0.25) is 10.0 Å². The van der Waals surface area contributed by atoms with E-state index in [1.807, 2.05) is 19.1 Å². The maximum Gasteiger partial charge on any atom is 0.241 e. The van der Waals surface area contributed by atoms with E-state index in [4.69, 9.17) is 0 Å². The standard InChI is InChI=1S/C14H20N2O2S.ClH/c1-2-13-5-3-4-6-14(13)19(17,18)16-11-12-7-9-15-10-8-12;/h3-7,15-16H,2,8-11H2,1H3;1H. The molecule has 2 rings (SSSR count). The molecule has 0 saturated carbocycles. The van der Waals surface area contributed by atoms with Crippen molar-refractivity contribution < 1.29 is 8.42 Å². The van der Waals surface area contributed by atoms with Crippen LogP contribution in [0.4, 0.5) is 0 Å². The van der Waals surface area contributed by atoms with Crippen molar-refractivity contribution >= 4 is 22.4 Å². The first-order chi connectivity index (χ1) is 9.13. The van der Waals surface area contributed by atoms with Crippen LogP contribution >= 0.6 is 12.4 Å². The molecule has 0 unspecified atom stereocenters. The van der Waals surface area contributed by atoms with Crippen LogP contribution < -0.4 is 10.0 Å². The molecular formula is C14H21ClN2O2S. The molecular weight excluding hydrogens is 296 g/mol. The second-order valence-electron chi connectivity index (χ2n) is 4.60. The van der Waals surface area contributed by atoms with Gasteiger partial charge < -0.3 is 5.32 Å². The molecule has 0 saturated heterocycles. The van der Waals surface area contributed by atoms with Gasteiger partial charge >= 0.3 is 0 Å². The minimum Gasteiger partial charge on any atom is -0.313 e. The summed E-state index contributed by atoms with van der Waals surface area (Å²) in [6.45, 7) is 4.10. The number of hydrogen-bond donors (Lipinski definition) is 2. The van der Waals surface area contributed by atoms with Crippen molar-refractivity contribution in [2.45, 2.75) is 24.7 Å². The van der Waals surface area contributed by atoms with Gasteiger partial charge in [-0.05, 0) is 31.0 Å². The molecule has 0 radical (unpaired) electrons. The van der Waals surface area contributed by atoms with E-state index in [9.17, 15) is 8.42 Å². The molecule has 4 nitrogen and oxygen atoms in total. The monoisotopic (exact) mass is 316 g/mol. The van der Waals surface area contributed by atoms with Crippen LogP contribution in [-0.4, -0.2) is 28.1 Å². The van der Waals surface area contributed by atoms with Crippen molar-refractivity contribution in [3.05, 3.63) is 41.5 Å². The summed E-state index contributed by atoms with van der Waals surface area (Å²) in [5, 5.41) is 3.21. The van der Waals surface area contributed by atoms with E-state index in [-0.39, 0.29) is 12.4 Å². The molecule has 0 aliphatic carbocycles. The summed E-state index contributed by atoms with van der Waals surface area (Å²) in [6, 6.07) is 7.15. The fraction of sp³-hybridized carbons (Fsp3) is 0.429. The van der Waals surface area contributed by atoms with E-state index in [0.717, 1.165) is 30.6 Å². The lowest BCUT2D eigenvalue weighted by molar-refractivity contribution is 0.581. The largest absolute Gasteiger partial charge is 0.313 e. The van der Waals surface area contributed by atoms with Crippen LogP contribution in [0.5, 0.6) is 0 Å². The third-order valence-corrected chi connectivity index (χ3v) is 4.79. The van der Waals surface area contributed by atoms with Crippen molar-refractivity contribution in [1.29, 1.82) is 0 Å². The first kappa shape index (κ1) is 17.2. The van der Waals surface area contributed by atoms with E-state index in [1.165, 1.54) is 0 Å². The zero-order valence-corrected chi connectivity index (χ0v) is 13.2. The van der Waals surface area contributed by atoms with Crippen LogP contribution in [0.3, 0.4) is 0 Å². The molecule has 0 atom stereocenters. The Morgan fingerprint density at radius 1 is 1.30 bits per heavy atom. The number of hydrogen-bond acceptors (Lipinski definition) is 3. The molecule has 6 heteroatoms. The third kappa shape index (κ3) is 4.31. The maximum atomic E-state index is 12.3. The average Bonchev–Trinajstić information content (AvgIpc) is 2.46. The minimum atomic E-state index is -3.41. The van der Waals surface area contributed by atoms with E-state index in [2.05, 4.69) is 16.1 Å². The van der Waals surface area contributed by atoms with Crippen molar-refractivity contribution in [3.8, 4) is 0 Å². The summed E-state index contributed by atoms with van der Waals surface area (Å²) in [7, 11) is -3.41. The lowest BCUT2D eigenvalue weighted by atomic mass is 10.1. The van der Waals surface area contributed by atoms with Crippen LogP contribution in [0.1, 0.15) is 18.9 Å². The van der Waals surface area contributed by atoms with E-state index in [1.54, 1.807) is 12.1 Å². The van der Waals surface area contributed by atoms with Crippen LogP contribution in [0.25, 0.3) is 0 Å². The van der Waals surface area contributed by atoms with Crippen molar-refractivity contribution in [2.24, 2.45) is 0 Å². The highest BCUT2D eigenvalue weighted by molar-refractivity contribution is 7.89. The lowest BCUT2D eigenvalue weighted by Gasteiger charge is -2.15. The zero-order valence-electron chi connectivity index (χ0n) is 11.6. The predicted molar refractivity (Wildman–Crippen MR) is 83.8 cm³/mol. The highest BCUT2D eigenvalue weighted by atomic mass is 35.5. The van der Waals surface area contributed by atoms with Crippen molar-refractivity contribution in [2.75, 3.05) is 19.6 Å². The average molecular weight is 317 g/mol. The highest BCUT2D eigenvalue weighted by Crippen LogP contribution is 2.16. The summed E-state index contributed by atoms with van der Waals surface area (Å²) in [5.74, 6) is 0.